The van der Waals surface area contributed by atoms with E-state index in [0.717, 1.165) is 24.2 Å². The maximum absolute atomic E-state index is 12.3. The fourth-order valence-corrected chi connectivity index (χ4v) is 3.73. The van der Waals surface area contributed by atoms with Crippen molar-refractivity contribution in [2.24, 2.45) is 0 Å². The van der Waals surface area contributed by atoms with E-state index in [4.69, 9.17) is 44.3 Å². The van der Waals surface area contributed by atoms with E-state index in [0.29, 0.717) is 22.4 Å². The molecule has 124 valence electrons. The molecule has 0 aromatic carbocycles. The Labute approximate surface area is 149 Å². The summed E-state index contributed by atoms with van der Waals surface area (Å²) in [5.74, 6) is 0. The van der Waals surface area contributed by atoms with Gasteiger partial charge in [0.1, 0.15) is 15.0 Å². The van der Waals surface area contributed by atoms with E-state index in [1.54, 1.807) is 4.90 Å². The van der Waals surface area contributed by atoms with Crippen molar-refractivity contribution in [3.05, 3.63) is 14.4 Å². The fraction of sp³-hybridized carbons (Fsp3) is 0.643. The number of amides is 1. The molecule has 0 spiro atoms. The summed E-state index contributed by atoms with van der Waals surface area (Å²) in [6.45, 7) is 6.09. The molecule has 1 fully saturated rings. The van der Waals surface area contributed by atoms with Gasteiger partial charge in [-0.05, 0) is 33.6 Å². The minimum absolute atomic E-state index is 0.281. The Kier molecular flexibility index (Phi) is 5.75. The molecule has 1 unspecified atom stereocenters. The predicted octanol–water partition coefficient (Wildman–Crippen LogP) is 5.83. The average molecular weight is 387 g/mol. The average Bonchev–Trinajstić information content (AvgIpc) is 2.65. The van der Waals surface area contributed by atoms with Gasteiger partial charge in [-0.25, -0.2) is 4.79 Å². The zero-order valence-electron chi connectivity index (χ0n) is 12.6. The second kappa shape index (κ2) is 7.04. The second-order valence-corrected chi connectivity index (χ2v) is 8.37. The van der Waals surface area contributed by atoms with Gasteiger partial charge >= 0.3 is 6.09 Å². The van der Waals surface area contributed by atoms with Crippen LogP contribution in [0.25, 0.3) is 0 Å². The third-order valence-electron chi connectivity index (χ3n) is 3.05. The van der Waals surface area contributed by atoms with Crippen LogP contribution >= 0.6 is 46.1 Å². The first-order valence-corrected chi connectivity index (χ1v) is 8.93. The number of piperidine rings is 1. The zero-order valence-corrected chi connectivity index (χ0v) is 15.7. The lowest BCUT2D eigenvalue weighted by Crippen LogP contribution is -2.48. The highest BCUT2D eigenvalue weighted by Gasteiger charge is 2.33. The number of ether oxygens (including phenoxy) is 2. The van der Waals surface area contributed by atoms with Crippen LogP contribution in [0.4, 0.5) is 4.79 Å². The molecule has 4 nitrogen and oxygen atoms in total. The maximum Gasteiger partial charge on any atom is 0.413 e. The first-order valence-electron chi connectivity index (χ1n) is 6.98. The molecule has 1 amide bonds. The van der Waals surface area contributed by atoms with Gasteiger partial charge in [0.15, 0.2) is 11.3 Å². The van der Waals surface area contributed by atoms with Crippen LogP contribution < -0.4 is 4.74 Å². The van der Waals surface area contributed by atoms with Crippen molar-refractivity contribution in [2.45, 2.75) is 51.9 Å². The van der Waals surface area contributed by atoms with E-state index < -0.39 is 11.8 Å². The Morgan fingerprint density at radius 3 is 2.45 bits per heavy atom. The molecular formula is C14H18Cl3NO3S. The summed E-state index contributed by atoms with van der Waals surface area (Å²) in [6, 6.07) is 0. The molecule has 1 aliphatic heterocycles. The Morgan fingerprint density at radius 1 is 1.23 bits per heavy atom. The predicted molar refractivity (Wildman–Crippen MR) is 90.6 cm³/mol. The number of nitrogens with zero attached hydrogens (tertiary/aromatic N) is 1. The molecule has 2 rings (SSSR count). The van der Waals surface area contributed by atoms with Gasteiger partial charge in [-0.15, -0.1) is 0 Å². The normalized spacial score (nSPS) is 19.2. The van der Waals surface area contributed by atoms with Gasteiger partial charge in [0, 0.05) is 13.0 Å². The Bertz CT molecular complexity index is 556. The molecule has 8 heteroatoms. The molecule has 1 atom stereocenters. The molecule has 1 saturated heterocycles. The van der Waals surface area contributed by atoms with Crippen LogP contribution in [0.1, 0.15) is 40.0 Å². The van der Waals surface area contributed by atoms with Crippen molar-refractivity contribution in [3.63, 3.8) is 0 Å². The molecule has 0 aliphatic carbocycles. The monoisotopic (exact) mass is 385 g/mol. The molecule has 0 saturated carbocycles. The summed E-state index contributed by atoms with van der Waals surface area (Å²) >= 11 is 19.2. The molecule has 0 radical (unpaired) electrons. The highest BCUT2D eigenvalue weighted by molar-refractivity contribution is 7.19. The van der Waals surface area contributed by atoms with Gasteiger partial charge < -0.3 is 9.47 Å². The quantitative estimate of drug-likeness (QED) is 0.641. The van der Waals surface area contributed by atoms with Crippen LogP contribution in [0.3, 0.4) is 0 Å². The van der Waals surface area contributed by atoms with Gasteiger partial charge in [-0.1, -0.05) is 46.1 Å². The van der Waals surface area contributed by atoms with E-state index in [1.165, 1.54) is 0 Å². The summed E-state index contributed by atoms with van der Waals surface area (Å²) in [7, 11) is 0. The lowest BCUT2D eigenvalue weighted by molar-refractivity contribution is -0.0329. The third-order valence-corrected chi connectivity index (χ3v) is 5.49. The number of halogens is 3. The van der Waals surface area contributed by atoms with E-state index in [9.17, 15) is 4.79 Å². The molecule has 1 aromatic heterocycles. The SMILES string of the molecule is CC(C)(C)OC(=O)N1CCCCC1Oc1sc(Cl)c(Cl)c1Cl. The van der Waals surface area contributed by atoms with Crippen LogP contribution in [0.2, 0.25) is 14.4 Å². The highest BCUT2D eigenvalue weighted by atomic mass is 35.5. The smallest absolute Gasteiger partial charge is 0.413 e. The van der Waals surface area contributed by atoms with Crippen molar-refractivity contribution < 1.29 is 14.3 Å². The zero-order chi connectivity index (χ0) is 16.5. The molecule has 1 aliphatic rings. The summed E-state index contributed by atoms with van der Waals surface area (Å²) < 4.78 is 11.7. The van der Waals surface area contributed by atoms with Crippen LogP contribution in [0.15, 0.2) is 0 Å². The lowest BCUT2D eigenvalue weighted by Gasteiger charge is -2.36. The molecule has 2 heterocycles. The number of carbonyl (C=O) groups is 1. The minimum atomic E-state index is -0.549. The van der Waals surface area contributed by atoms with E-state index in [1.807, 2.05) is 20.8 Å². The molecule has 0 N–H and O–H groups in total. The van der Waals surface area contributed by atoms with E-state index >= 15 is 0 Å². The van der Waals surface area contributed by atoms with Gasteiger partial charge in [0.25, 0.3) is 0 Å². The summed E-state index contributed by atoms with van der Waals surface area (Å²) in [6.07, 6.45) is 1.78. The summed E-state index contributed by atoms with van der Waals surface area (Å²) in [5.41, 5.74) is -0.549. The fourth-order valence-electron chi connectivity index (χ4n) is 2.10. The first kappa shape index (κ1) is 18.0. The maximum atomic E-state index is 12.3. The van der Waals surface area contributed by atoms with Crippen LogP contribution in [-0.4, -0.2) is 29.4 Å². The Morgan fingerprint density at radius 2 is 1.91 bits per heavy atom. The topological polar surface area (TPSA) is 38.8 Å². The van der Waals surface area contributed by atoms with Crippen LogP contribution in [-0.2, 0) is 4.74 Å². The summed E-state index contributed by atoms with van der Waals surface area (Å²) in [5, 5.41) is 0.992. The molecule has 0 bridgehead atoms. The largest absolute Gasteiger partial charge is 0.459 e. The van der Waals surface area contributed by atoms with Crippen LogP contribution in [0, 0.1) is 0 Å². The van der Waals surface area contributed by atoms with E-state index in [2.05, 4.69) is 0 Å². The van der Waals surface area contributed by atoms with Gasteiger partial charge in [-0.2, -0.15) is 0 Å². The second-order valence-electron chi connectivity index (χ2n) is 6.03. The van der Waals surface area contributed by atoms with Gasteiger partial charge in [0.2, 0.25) is 0 Å². The third kappa shape index (κ3) is 4.34. The standard InChI is InChI=1S/C14H18Cl3NO3S/c1-14(2,3)21-13(19)18-7-5-4-6-8(18)20-12-10(16)9(15)11(17)22-12/h8H,4-7H2,1-3H3. The number of thiophene rings is 1. The Hall–Kier alpha value is -0.360. The number of rotatable bonds is 2. The van der Waals surface area contributed by atoms with Crippen molar-refractivity contribution in [3.8, 4) is 5.06 Å². The van der Waals surface area contributed by atoms with Crippen LogP contribution in [0.5, 0.6) is 5.06 Å². The highest BCUT2D eigenvalue weighted by Crippen LogP contribution is 2.46. The van der Waals surface area contributed by atoms with E-state index in [-0.39, 0.29) is 16.1 Å². The molecule has 1 aromatic rings. The molecule has 22 heavy (non-hydrogen) atoms. The first-order chi connectivity index (χ1) is 10.2. The minimum Gasteiger partial charge on any atom is -0.459 e. The van der Waals surface area contributed by atoms with Gasteiger partial charge in [0.05, 0.1) is 5.02 Å². The number of hydrogen-bond acceptors (Lipinski definition) is 4. The van der Waals surface area contributed by atoms with Crippen molar-refractivity contribution >= 4 is 52.2 Å². The Balaban J connectivity index is 2.13. The number of carbonyl (C=O) groups excluding carboxylic acids is 1. The van der Waals surface area contributed by atoms with Crippen molar-refractivity contribution in [2.75, 3.05) is 6.54 Å². The summed E-state index contributed by atoms with van der Waals surface area (Å²) in [4.78, 5) is 13.9. The van der Waals surface area contributed by atoms with Crippen molar-refractivity contribution in [1.82, 2.24) is 4.90 Å². The number of likely N-dealkylation sites (tertiary alicyclic amines) is 1. The molecular weight excluding hydrogens is 369 g/mol. The van der Waals surface area contributed by atoms with Crippen molar-refractivity contribution in [1.29, 1.82) is 0 Å². The lowest BCUT2D eigenvalue weighted by atomic mass is 10.1. The number of hydrogen-bond donors (Lipinski definition) is 0. The van der Waals surface area contributed by atoms with Gasteiger partial charge in [-0.3, -0.25) is 4.90 Å².